The van der Waals surface area contributed by atoms with Crippen LogP contribution in [0.15, 0.2) is 27.6 Å². The highest BCUT2D eigenvalue weighted by molar-refractivity contribution is 9.11. The third kappa shape index (κ3) is 1.88. The first-order valence-electron chi connectivity index (χ1n) is 4.40. The number of rotatable bonds is 0. The molecular weight excluding hydrogens is 279 g/mol. The average Bonchev–Trinajstić information content (AvgIpc) is 2.22. The predicted octanol–water partition coefficient (Wildman–Crippen LogP) is 3.70. The Balaban J connectivity index is 2.57. The van der Waals surface area contributed by atoms with E-state index in [4.69, 9.17) is 0 Å². The Hall–Kier alpha value is -0.610. The van der Waals surface area contributed by atoms with Gasteiger partial charge in [-0.05, 0) is 29.6 Å². The molecule has 0 saturated carbocycles. The van der Waals surface area contributed by atoms with Gasteiger partial charge in [-0.25, -0.2) is 4.39 Å². The molecule has 1 aliphatic rings. The molecule has 0 aromatic heterocycles. The summed E-state index contributed by atoms with van der Waals surface area (Å²) >= 11 is 4.65. The molecule has 0 radical (unpaired) electrons. The van der Waals surface area contributed by atoms with E-state index in [0.29, 0.717) is 16.9 Å². The minimum absolute atomic E-state index is 0.0104. The first-order chi connectivity index (χ1) is 7.13. The lowest BCUT2D eigenvalue weighted by Crippen LogP contribution is -2.12. The molecule has 0 saturated heterocycles. The summed E-state index contributed by atoms with van der Waals surface area (Å²) in [6.45, 7) is 1.67. The molecular formula is C11H8BrFOS. The van der Waals surface area contributed by atoms with E-state index in [2.05, 4.69) is 15.9 Å². The molecule has 1 aliphatic heterocycles. The number of hydrogen-bond acceptors (Lipinski definition) is 2. The minimum Gasteiger partial charge on any atom is -0.289 e. The predicted molar refractivity (Wildman–Crippen MR) is 63.2 cm³/mol. The molecule has 0 unspecified atom stereocenters. The van der Waals surface area contributed by atoms with E-state index in [-0.39, 0.29) is 11.6 Å². The molecule has 0 atom stereocenters. The van der Waals surface area contributed by atoms with Crippen molar-refractivity contribution in [2.75, 3.05) is 5.75 Å². The monoisotopic (exact) mass is 286 g/mol. The van der Waals surface area contributed by atoms with Gasteiger partial charge in [0.15, 0.2) is 5.78 Å². The molecule has 1 nitrogen and oxygen atoms in total. The standard InChI is InChI=1S/C11H8BrFOS/c1-6-2-8-10(3-9(6)13)15-5-7(4-12)11(8)14/h2-4H,5H2,1H3/b7-4-. The summed E-state index contributed by atoms with van der Waals surface area (Å²) in [6.07, 6.45) is 0. The fourth-order valence-corrected chi connectivity index (χ4v) is 3.04. The van der Waals surface area contributed by atoms with Crippen molar-refractivity contribution in [2.45, 2.75) is 11.8 Å². The summed E-state index contributed by atoms with van der Waals surface area (Å²) in [5.74, 6) is 0.337. The zero-order chi connectivity index (χ0) is 11.0. The van der Waals surface area contributed by atoms with E-state index in [1.54, 1.807) is 18.0 Å². The van der Waals surface area contributed by atoms with Gasteiger partial charge in [-0.1, -0.05) is 15.9 Å². The number of thioether (sulfide) groups is 1. The average molecular weight is 287 g/mol. The molecule has 0 bridgehead atoms. The number of hydrogen-bond donors (Lipinski definition) is 0. The van der Waals surface area contributed by atoms with Crippen LogP contribution in [0.1, 0.15) is 15.9 Å². The van der Waals surface area contributed by atoms with Crippen LogP contribution in [0.4, 0.5) is 4.39 Å². The van der Waals surface area contributed by atoms with Crippen LogP contribution in [-0.4, -0.2) is 11.5 Å². The van der Waals surface area contributed by atoms with E-state index in [9.17, 15) is 9.18 Å². The molecule has 2 rings (SSSR count). The van der Waals surface area contributed by atoms with E-state index in [1.165, 1.54) is 17.8 Å². The van der Waals surface area contributed by atoms with Crippen molar-refractivity contribution in [1.82, 2.24) is 0 Å². The lowest BCUT2D eigenvalue weighted by Gasteiger charge is -2.17. The molecule has 0 fully saturated rings. The number of Topliss-reactive ketones (excluding diaryl/α,β-unsaturated/α-hetero) is 1. The van der Waals surface area contributed by atoms with Gasteiger partial charge in [-0.3, -0.25) is 4.79 Å². The molecule has 15 heavy (non-hydrogen) atoms. The smallest absolute Gasteiger partial charge is 0.191 e. The van der Waals surface area contributed by atoms with E-state index >= 15 is 0 Å². The Bertz CT molecular complexity index is 468. The Morgan fingerprint density at radius 1 is 1.53 bits per heavy atom. The zero-order valence-electron chi connectivity index (χ0n) is 8.01. The molecule has 1 aromatic rings. The summed E-state index contributed by atoms with van der Waals surface area (Å²) in [4.78, 5) is 14.3. The Morgan fingerprint density at radius 3 is 2.93 bits per heavy atom. The first kappa shape index (κ1) is 10.9. The molecule has 78 valence electrons. The van der Waals surface area contributed by atoms with Crippen molar-refractivity contribution in [3.05, 3.63) is 39.6 Å². The fourth-order valence-electron chi connectivity index (χ4n) is 1.44. The van der Waals surface area contributed by atoms with Gasteiger partial charge >= 0.3 is 0 Å². The van der Waals surface area contributed by atoms with Gasteiger partial charge in [0.25, 0.3) is 0 Å². The summed E-state index contributed by atoms with van der Waals surface area (Å²) < 4.78 is 13.3. The lowest BCUT2D eigenvalue weighted by atomic mass is 10.0. The van der Waals surface area contributed by atoms with Crippen molar-refractivity contribution in [2.24, 2.45) is 0 Å². The van der Waals surface area contributed by atoms with Crippen molar-refractivity contribution >= 4 is 33.5 Å². The molecule has 0 amide bonds. The maximum Gasteiger partial charge on any atom is 0.191 e. The van der Waals surface area contributed by atoms with Crippen LogP contribution < -0.4 is 0 Å². The quantitative estimate of drug-likeness (QED) is 0.677. The number of carbonyl (C=O) groups excluding carboxylic acids is 1. The topological polar surface area (TPSA) is 17.1 Å². The van der Waals surface area contributed by atoms with Gasteiger partial charge in [0.05, 0.1) is 0 Å². The first-order valence-corrected chi connectivity index (χ1v) is 6.30. The van der Waals surface area contributed by atoms with Crippen LogP contribution in [0.5, 0.6) is 0 Å². The van der Waals surface area contributed by atoms with Gasteiger partial charge in [-0.15, -0.1) is 11.8 Å². The van der Waals surface area contributed by atoms with Crippen molar-refractivity contribution in [3.63, 3.8) is 0 Å². The largest absolute Gasteiger partial charge is 0.289 e. The maximum absolute atomic E-state index is 13.3. The molecule has 0 N–H and O–H groups in total. The number of ketones is 1. The number of fused-ring (bicyclic) bond motifs is 1. The second kappa shape index (κ2) is 4.10. The van der Waals surface area contributed by atoms with Crippen LogP contribution in [0, 0.1) is 12.7 Å². The summed E-state index contributed by atoms with van der Waals surface area (Å²) in [7, 11) is 0. The SMILES string of the molecule is Cc1cc2c(cc1F)SC/C(=C/Br)C2=O. The molecule has 1 heterocycles. The van der Waals surface area contributed by atoms with Gasteiger partial charge in [0.2, 0.25) is 0 Å². The Morgan fingerprint density at radius 2 is 2.27 bits per heavy atom. The summed E-state index contributed by atoms with van der Waals surface area (Å²) in [5, 5.41) is 0. The van der Waals surface area contributed by atoms with Crippen LogP contribution >= 0.6 is 27.7 Å². The molecule has 0 aliphatic carbocycles. The minimum atomic E-state index is -0.250. The number of carbonyl (C=O) groups is 1. The van der Waals surface area contributed by atoms with Gasteiger partial charge in [-0.2, -0.15) is 0 Å². The molecule has 1 aromatic carbocycles. The highest BCUT2D eigenvalue weighted by Crippen LogP contribution is 2.34. The molecule has 0 spiro atoms. The van der Waals surface area contributed by atoms with Gasteiger partial charge < -0.3 is 0 Å². The fraction of sp³-hybridized carbons (Fsp3) is 0.182. The number of halogens is 2. The van der Waals surface area contributed by atoms with Crippen molar-refractivity contribution in [3.8, 4) is 0 Å². The number of aryl methyl sites for hydroxylation is 1. The third-order valence-corrected chi connectivity index (χ3v) is 3.97. The third-order valence-electron chi connectivity index (χ3n) is 2.31. The lowest BCUT2D eigenvalue weighted by molar-refractivity contribution is 0.103. The van der Waals surface area contributed by atoms with E-state index in [1.807, 2.05) is 0 Å². The number of benzene rings is 1. The summed E-state index contributed by atoms with van der Waals surface area (Å²) in [5.41, 5.74) is 1.84. The van der Waals surface area contributed by atoms with Crippen LogP contribution in [0.25, 0.3) is 0 Å². The van der Waals surface area contributed by atoms with Crippen LogP contribution in [0.2, 0.25) is 0 Å². The molecule has 4 heteroatoms. The van der Waals surface area contributed by atoms with Crippen molar-refractivity contribution in [1.29, 1.82) is 0 Å². The zero-order valence-corrected chi connectivity index (χ0v) is 10.4. The van der Waals surface area contributed by atoms with E-state index < -0.39 is 0 Å². The second-order valence-electron chi connectivity index (χ2n) is 3.35. The van der Waals surface area contributed by atoms with Crippen molar-refractivity contribution < 1.29 is 9.18 Å². The Labute approximate surface area is 99.9 Å². The highest BCUT2D eigenvalue weighted by atomic mass is 79.9. The highest BCUT2D eigenvalue weighted by Gasteiger charge is 2.23. The van der Waals surface area contributed by atoms with Gasteiger partial charge in [0, 0.05) is 21.8 Å². The normalized spacial score (nSPS) is 18.1. The van der Waals surface area contributed by atoms with Crippen LogP contribution in [0.3, 0.4) is 0 Å². The summed E-state index contributed by atoms with van der Waals surface area (Å²) in [6, 6.07) is 3.06. The van der Waals surface area contributed by atoms with E-state index in [0.717, 1.165) is 10.5 Å². The van der Waals surface area contributed by atoms with Gasteiger partial charge in [0.1, 0.15) is 5.82 Å². The maximum atomic E-state index is 13.3. The Kier molecular flexibility index (Phi) is 2.98. The van der Waals surface area contributed by atoms with Crippen LogP contribution in [-0.2, 0) is 0 Å². The second-order valence-corrected chi connectivity index (χ2v) is 4.82.